The van der Waals surface area contributed by atoms with Crippen LogP contribution in [0.5, 0.6) is 0 Å². The molecular weight excluding hydrogens is 264 g/mol. The van der Waals surface area contributed by atoms with Crippen LogP contribution in [0.4, 0.5) is 0 Å². The minimum Gasteiger partial charge on any atom is -0.462 e. The molecular formula is C10H11BrO2S. The van der Waals surface area contributed by atoms with Crippen molar-refractivity contribution in [1.82, 2.24) is 0 Å². The van der Waals surface area contributed by atoms with Crippen LogP contribution in [0.15, 0.2) is 27.6 Å². The van der Waals surface area contributed by atoms with Crippen LogP contribution in [0, 0.1) is 0 Å². The van der Waals surface area contributed by atoms with Gasteiger partial charge in [-0.3, -0.25) is 0 Å². The third kappa shape index (κ3) is 3.03. The van der Waals surface area contributed by atoms with E-state index < -0.39 is 0 Å². The molecule has 0 aliphatic heterocycles. The van der Waals surface area contributed by atoms with Gasteiger partial charge in [0.05, 0.1) is 12.2 Å². The van der Waals surface area contributed by atoms with Gasteiger partial charge in [-0.2, -0.15) is 0 Å². The molecule has 14 heavy (non-hydrogen) atoms. The fourth-order valence-corrected chi connectivity index (χ4v) is 1.79. The van der Waals surface area contributed by atoms with Crippen LogP contribution in [0.2, 0.25) is 0 Å². The topological polar surface area (TPSA) is 26.3 Å². The number of hydrogen-bond donors (Lipinski definition) is 1. The molecule has 4 heteroatoms. The van der Waals surface area contributed by atoms with Gasteiger partial charge in [0.25, 0.3) is 0 Å². The Morgan fingerprint density at radius 1 is 1.57 bits per heavy atom. The molecule has 0 heterocycles. The van der Waals surface area contributed by atoms with Crippen LogP contribution in [-0.2, 0) is 4.74 Å². The fraction of sp³-hybridized carbons (Fsp3) is 0.300. The summed E-state index contributed by atoms with van der Waals surface area (Å²) in [5, 5.41) is 0. The maximum absolute atomic E-state index is 11.4. The van der Waals surface area contributed by atoms with E-state index >= 15 is 0 Å². The smallest absolute Gasteiger partial charge is 0.339 e. The van der Waals surface area contributed by atoms with E-state index in [0.29, 0.717) is 17.1 Å². The molecule has 0 saturated carbocycles. The third-order valence-corrected chi connectivity index (χ3v) is 2.48. The Kier molecular flexibility index (Phi) is 4.48. The van der Waals surface area contributed by atoms with Crippen molar-refractivity contribution < 1.29 is 9.53 Å². The fourth-order valence-electron chi connectivity index (χ4n) is 0.950. The number of carbonyl (C=O) groups excluding carboxylic acids is 1. The molecule has 1 aromatic rings. The first-order chi connectivity index (χ1) is 6.65. The van der Waals surface area contributed by atoms with Gasteiger partial charge in [0, 0.05) is 9.37 Å². The van der Waals surface area contributed by atoms with E-state index in [-0.39, 0.29) is 5.97 Å². The largest absolute Gasteiger partial charge is 0.462 e. The molecule has 76 valence electrons. The molecule has 0 spiro atoms. The molecule has 0 saturated heterocycles. The molecule has 0 amide bonds. The maximum Gasteiger partial charge on any atom is 0.339 e. The molecule has 0 bridgehead atoms. The van der Waals surface area contributed by atoms with Gasteiger partial charge in [0.2, 0.25) is 0 Å². The predicted octanol–water partition coefficient (Wildman–Crippen LogP) is 3.30. The lowest BCUT2D eigenvalue weighted by Gasteiger charge is -2.05. The lowest BCUT2D eigenvalue weighted by molar-refractivity contribution is 0.0501. The zero-order valence-electron chi connectivity index (χ0n) is 7.79. The molecule has 2 nitrogen and oxygen atoms in total. The van der Waals surface area contributed by atoms with Crippen molar-refractivity contribution in [3.05, 3.63) is 28.2 Å². The van der Waals surface area contributed by atoms with Gasteiger partial charge in [-0.25, -0.2) is 4.79 Å². The number of benzene rings is 1. The van der Waals surface area contributed by atoms with Crippen LogP contribution in [0.3, 0.4) is 0 Å². The second-order valence-electron chi connectivity index (χ2n) is 2.80. The van der Waals surface area contributed by atoms with E-state index in [1.807, 2.05) is 6.92 Å². The van der Waals surface area contributed by atoms with Gasteiger partial charge in [-0.15, -0.1) is 12.6 Å². The van der Waals surface area contributed by atoms with E-state index in [1.165, 1.54) is 0 Å². The van der Waals surface area contributed by atoms with Crippen molar-refractivity contribution in [3.8, 4) is 0 Å². The van der Waals surface area contributed by atoms with Crippen LogP contribution in [-0.4, -0.2) is 12.6 Å². The first-order valence-electron chi connectivity index (χ1n) is 4.30. The van der Waals surface area contributed by atoms with Crippen molar-refractivity contribution in [2.75, 3.05) is 6.61 Å². The summed E-state index contributed by atoms with van der Waals surface area (Å²) in [6, 6.07) is 5.26. The van der Waals surface area contributed by atoms with Gasteiger partial charge in [0.15, 0.2) is 0 Å². The Hall–Kier alpha value is -0.480. The Balaban J connectivity index is 2.80. The second kappa shape index (κ2) is 5.41. The van der Waals surface area contributed by atoms with E-state index in [2.05, 4.69) is 28.6 Å². The molecule has 1 aromatic carbocycles. The third-order valence-electron chi connectivity index (χ3n) is 1.62. The van der Waals surface area contributed by atoms with E-state index in [9.17, 15) is 4.79 Å². The summed E-state index contributed by atoms with van der Waals surface area (Å²) < 4.78 is 5.89. The molecule has 0 aliphatic carbocycles. The van der Waals surface area contributed by atoms with Gasteiger partial charge in [0.1, 0.15) is 0 Å². The Labute approximate surface area is 97.2 Å². The summed E-state index contributed by atoms with van der Waals surface area (Å²) >= 11 is 7.50. The summed E-state index contributed by atoms with van der Waals surface area (Å²) in [6.45, 7) is 2.40. The number of esters is 1. The van der Waals surface area contributed by atoms with Crippen LogP contribution >= 0.6 is 28.6 Å². The van der Waals surface area contributed by atoms with Gasteiger partial charge in [-0.1, -0.05) is 22.9 Å². The average molecular weight is 275 g/mol. The summed E-state index contributed by atoms with van der Waals surface area (Å²) in [4.78, 5) is 12.1. The number of rotatable bonds is 3. The number of halogens is 1. The van der Waals surface area contributed by atoms with Crippen molar-refractivity contribution >= 4 is 34.5 Å². The molecule has 0 atom stereocenters. The summed E-state index contributed by atoms with van der Waals surface area (Å²) in [5.41, 5.74) is 0.505. The molecule has 0 aliphatic rings. The van der Waals surface area contributed by atoms with Crippen LogP contribution in [0.1, 0.15) is 23.7 Å². The Morgan fingerprint density at radius 3 is 2.86 bits per heavy atom. The van der Waals surface area contributed by atoms with E-state index in [4.69, 9.17) is 4.74 Å². The molecule has 1 rings (SSSR count). The lowest BCUT2D eigenvalue weighted by atomic mass is 10.2. The minimum atomic E-state index is -0.315. The van der Waals surface area contributed by atoms with E-state index in [0.717, 1.165) is 10.9 Å². The lowest BCUT2D eigenvalue weighted by Crippen LogP contribution is -2.06. The minimum absolute atomic E-state index is 0.315. The van der Waals surface area contributed by atoms with Crippen LogP contribution in [0.25, 0.3) is 0 Å². The number of hydrogen-bond acceptors (Lipinski definition) is 3. The van der Waals surface area contributed by atoms with Gasteiger partial charge >= 0.3 is 5.97 Å². The molecule has 0 N–H and O–H groups in total. The highest BCUT2D eigenvalue weighted by Gasteiger charge is 2.10. The predicted molar refractivity (Wildman–Crippen MR) is 62.0 cm³/mol. The first-order valence-corrected chi connectivity index (χ1v) is 5.54. The van der Waals surface area contributed by atoms with Crippen LogP contribution < -0.4 is 0 Å². The standard InChI is InChI=1S/C10H11BrO2S/c1-2-5-13-10(12)8-4-3-7(11)6-9(8)14/h3-4,6,14H,2,5H2,1H3. The molecule has 0 fully saturated rings. The highest BCUT2D eigenvalue weighted by atomic mass is 79.9. The Bertz CT molecular complexity index is 339. The summed E-state index contributed by atoms with van der Waals surface area (Å²) in [6.07, 6.45) is 0.824. The van der Waals surface area contributed by atoms with Crippen molar-refractivity contribution in [1.29, 1.82) is 0 Å². The first kappa shape index (κ1) is 11.6. The molecule has 0 aromatic heterocycles. The SMILES string of the molecule is CCCOC(=O)c1ccc(Br)cc1S. The normalized spacial score (nSPS) is 9.93. The number of ether oxygens (including phenoxy) is 1. The van der Waals surface area contributed by atoms with Gasteiger partial charge < -0.3 is 4.74 Å². The second-order valence-corrected chi connectivity index (χ2v) is 4.19. The monoisotopic (exact) mass is 274 g/mol. The number of carbonyl (C=O) groups is 1. The van der Waals surface area contributed by atoms with Crippen molar-refractivity contribution in [2.45, 2.75) is 18.2 Å². The zero-order chi connectivity index (χ0) is 10.6. The van der Waals surface area contributed by atoms with Gasteiger partial charge in [-0.05, 0) is 24.6 Å². The molecule has 0 unspecified atom stereocenters. The highest BCUT2D eigenvalue weighted by molar-refractivity contribution is 9.10. The van der Waals surface area contributed by atoms with Crippen molar-refractivity contribution in [3.63, 3.8) is 0 Å². The quantitative estimate of drug-likeness (QED) is 0.676. The zero-order valence-corrected chi connectivity index (χ0v) is 10.3. The maximum atomic E-state index is 11.4. The molecule has 0 radical (unpaired) electrons. The number of thiol groups is 1. The van der Waals surface area contributed by atoms with Crippen molar-refractivity contribution in [2.24, 2.45) is 0 Å². The Morgan fingerprint density at radius 2 is 2.29 bits per heavy atom. The summed E-state index contributed by atoms with van der Waals surface area (Å²) in [7, 11) is 0. The van der Waals surface area contributed by atoms with E-state index in [1.54, 1.807) is 18.2 Å². The summed E-state index contributed by atoms with van der Waals surface area (Å²) in [5.74, 6) is -0.315. The average Bonchev–Trinajstić information content (AvgIpc) is 2.14. The highest BCUT2D eigenvalue weighted by Crippen LogP contribution is 2.20.